The number of thiazole rings is 1. The predicted molar refractivity (Wildman–Crippen MR) is 61.2 cm³/mol. The largest absolute Gasteiger partial charge is 0.389 e. The Morgan fingerprint density at radius 2 is 2.40 bits per heavy atom. The molecule has 0 fully saturated rings. The summed E-state index contributed by atoms with van der Waals surface area (Å²) in [5, 5.41) is 15.7. The first kappa shape index (κ1) is 12.6. The smallest absolute Gasteiger partial charge is 0.110 e. The standard InChI is InChI=1S/C10H18N2O2S/c1-7-6-15-10(12-7)8(2)11-4-9(13)5-14-3/h6,8-9,11,13H,4-5H2,1-3H3/t8-,9-/m0/s1. The van der Waals surface area contributed by atoms with Gasteiger partial charge in [-0.25, -0.2) is 4.98 Å². The fourth-order valence-electron chi connectivity index (χ4n) is 1.22. The first-order valence-corrected chi connectivity index (χ1v) is 5.84. The zero-order valence-electron chi connectivity index (χ0n) is 9.36. The van der Waals surface area contributed by atoms with Gasteiger partial charge in [-0.1, -0.05) is 0 Å². The van der Waals surface area contributed by atoms with Crippen molar-refractivity contribution in [3.05, 3.63) is 16.1 Å². The minimum atomic E-state index is -0.460. The lowest BCUT2D eigenvalue weighted by Gasteiger charge is -2.14. The zero-order valence-corrected chi connectivity index (χ0v) is 10.2. The number of nitrogens with one attached hydrogen (secondary N) is 1. The summed E-state index contributed by atoms with van der Waals surface area (Å²) in [6.07, 6.45) is -0.460. The topological polar surface area (TPSA) is 54.4 Å². The van der Waals surface area contributed by atoms with Gasteiger partial charge in [0.25, 0.3) is 0 Å². The van der Waals surface area contributed by atoms with Crippen LogP contribution in [0.3, 0.4) is 0 Å². The number of hydrogen-bond donors (Lipinski definition) is 2. The third-order valence-corrected chi connectivity index (χ3v) is 3.17. The van der Waals surface area contributed by atoms with Gasteiger partial charge in [0.1, 0.15) is 5.01 Å². The Hall–Kier alpha value is -0.490. The molecule has 0 aliphatic rings. The molecule has 0 aliphatic carbocycles. The SMILES string of the molecule is COC[C@@H](O)CN[C@@H](C)c1nc(C)cs1. The van der Waals surface area contributed by atoms with E-state index in [1.807, 2.05) is 19.2 Å². The lowest BCUT2D eigenvalue weighted by molar-refractivity contribution is 0.0630. The summed E-state index contributed by atoms with van der Waals surface area (Å²) >= 11 is 1.64. The van der Waals surface area contributed by atoms with E-state index in [1.54, 1.807) is 18.4 Å². The molecular formula is C10H18N2O2S. The van der Waals surface area contributed by atoms with Crippen LogP contribution in [0.1, 0.15) is 23.7 Å². The minimum absolute atomic E-state index is 0.176. The summed E-state index contributed by atoms with van der Waals surface area (Å²) in [5.74, 6) is 0. The van der Waals surface area contributed by atoms with Crippen molar-refractivity contribution in [1.29, 1.82) is 0 Å². The fraction of sp³-hybridized carbons (Fsp3) is 0.700. The van der Waals surface area contributed by atoms with Crippen molar-refractivity contribution in [2.24, 2.45) is 0 Å². The van der Waals surface area contributed by atoms with E-state index in [0.717, 1.165) is 10.7 Å². The van der Waals surface area contributed by atoms with Crippen LogP contribution in [0.2, 0.25) is 0 Å². The summed E-state index contributed by atoms with van der Waals surface area (Å²) in [6.45, 7) is 4.90. The third-order valence-electron chi connectivity index (χ3n) is 2.03. The Kier molecular flexibility index (Phi) is 5.17. The Morgan fingerprint density at radius 1 is 1.67 bits per heavy atom. The van der Waals surface area contributed by atoms with E-state index in [9.17, 15) is 5.11 Å². The molecular weight excluding hydrogens is 212 g/mol. The molecule has 0 amide bonds. The van der Waals surface area contributed by atoms with E-state index in [-0.39, 0.29) is 6.04 Å². The van der Waals surface area contributed by atoms with Gasteiger partial charge < -0.3 is 15.2 Å². The second kappa shape index (κ2) is 6.17. The van der Waals surface area contributed by atoms with E-state index >= 15 is 0 Å². The average molecular weight is 230 g/mol. The van der Waals surface area contributed by atoms with Crippen LogP contribution in [0, 0.1) is 6.92 Å². The van der Waals surface area contributed by atoms with Crippen molar-refractivity contribution in [1.82, 2.24) is 10.3 Å². The summed E-state index contributed by atoms with van der Waals surface area (Å²) in [6, 6.07) is 0.176. The van der Waals surface area contributed by atoms with E-state index in [2.05, 4.69) is 10.3 Å². The van der Waals surface area contributed by atoms with Crippen molar-refractivity contribution in [3.63, 3.8) is 0 Å². The summed E-state index contributed by atoms with van der Waals surface area (Å²) in [5.41, 5.74) is 1.04. The van der Waals surface area contributed by atoms with Crippen molar-refractivity contribution >= 4 is 11.3 Å². The first-order chi connectivity index (χ1) is 7.13. The lowest BCUT2D eigenvalue weighted by Crippen LogP contribution is -2.31. The van der Waals surface area contributed by atoms with Gasteiger partial charge in [-0.05, 0) is 13.8 Å². The summed E-state index contributed by atoms with van der Waals surface area (Å²) in [7, 11) is 1.58. The molecule has 5 heteroatoms. The van der Waals surface area contributed by atoms with Crippen LogP contribution in [0.5, 0.6) is 0 Å². The molecule has 0 aromatic carbocycles. The first-order valence-electron chi connectivity index (χ1n) is 4.96. The average Bonchev–Trinajstić information content (AvgIpc) is 2.62. The van der Waals surface area contributed by atoms with Gasteiger partial charge in [0, 0.05) is 24.7 Å². The number of aromatic nitrogens is 1. The highest BCUT2D eigenvalue weighted by molar-refractivity contribution is 7.09. The number of nitrogens with zero attached hydrogens (tertiary/aromatic N) is 1. The number of hydrogen-bond acceptors (Lipinski definition) is 5. The molecule has 0 unspecified atom stereocenters. The molecule has 0 aliphatic heterocycles. The maximum atomic E-state index is 9.45. The highest BCUT2D eigenvalue weighted by atomic mass is 32.1. The van der Waals surface area contributed by atoms with Gasteiger partial charge >= 0.3 is 0 Å². The molecule has 1 aromatic rings. The van der Waals surface area contributed by atoms with Crippen molar-refractivity contribution in [2.45, 2.75) is 26.0 Å². The number of ether oxygens (including phenoxy) is 1. The Balaban J connectivity index is 2.33. The summed E-state index contributed by atoms with van der Waals surface area (Å²) in [4.78, 5) is 4.38. The molecule has 1 rings (SSSR count). The number of aliphatic hydroxyl groups is 1. The number of rotatable bonds is 6. The van der Waals surface area contributed by atoms with Crippen LogP contribution in [0.25, 0.3) is 0 Å². The summed E-state index contributed by atoms with van der Waals surface area (Å²) < 4.78 is 4.84. The highest BCUT2D eigenvalue weighted by Crippen LogP contribution is 2.16. The number of aryl methyl sites for hydroxylation is 1. The Bertz CT molecular complexity index is 291. The van der Waals surface area contributed by atoms with Gasteiger partial charge in [-0.2, -0.15) is 0 Å². The normalized spacial score (nSPS) is 15.2. The Labute approximate surface area is 94.3 Å². The van der Waals surface area contributed by atoms with Crippen LogP contribution in [0.4, 0.5) is 0 Å². The maximum absolute atomic E-state index is 9.45. The number of methoxy groups -OCH3 is 1. The van der Waals surface area contributed by atoms with Crippen molar-refractivity contribution in [2.75, 3.05) is 20.3 Å². The van der Waals surface area contributed by atoms with Crippen LogP contribution in [0.15, 0.2) is 5.38 Å². The van der Waals surface area contributed by atoms with Gasteiger partial charge in [-0.15, -0.1) is 11.3 Å². The number of aliphatic hydroxyl groups excluding tert-OH is 1. The van der Waals surface area contributed by atoms with Gasteiger partial charge in [0.15, 0.2) is 0 Å². The van der Waals surface area contributed by atoms with Crippen molar-refractivity contribution in [3.8, 4) is 0 Å². The lowest BCUT2D eigenvalue weighted by atomic mass is 10.3. The molecule has 1 heterocycles. The third kappa shape index (κ3) is 4.25. The van der Waals surface area contributed by atoms with Crippen LogP contribution in [-0.4, -0.2) is 36.5 Å². The highest BCUT2D eigenvalue weighted by Gasteiger charge is 2.10. The van der Waals surface area contributed by atoms with Crippen LogP contribution < -0.4 is 5.32 Å². The zero-order chi connectivity index (χ0) is 11.3. The maximum Gasteiger partial charge on any atom is 0.110 e. The predicted octanol–water partition coefficient (Wildman–Crippen LogP) is 1.11. The molecule has 2 N–H and O–H groups in total. The quantitative estimate of drug-likeness (QED) is 0.768. The molecule has 0 saturated heterocycles. The van der Waals surface area contributed by atoms with E-state index in [1.165, 1.54) is 0 Å². The molecule has 86 valence electrons. The fourth-order valence-corrected chi connectivity index (χ4v) is 2.05. The molecule has 15 heavy (non-hydrogen) atoms. The van der Waals surface area contributed by atoms with E-state index in [0.29, 0.717) is 13.2 Å². The molecule has 0 bridgehead atoms. The van der Waals surface area contributed by atoms with Crippen LogP contribution in [-0.2, 0) is 4.74 Å². The molecule has 1 aromatic heterocycles. The van der Waals surface area contributed by atoms with E-state index < -0.39 is 6.10 Å². The molecule has 0 saturated carbocycles. The molecule has 0 radical (unpaired) electrons. The Morgan fingerprint density at radius 3 is 2.93 bits per heavy atom. The molecule has 2 atom stereocenters. The monoisotopic (exact) mass is 230 g/mol. The van der Waals surface area contributed by atoms with Gasteiger partial charge in [-0.3, -0.25) is 0 Å². The minimum Gasteiger partial charge on any atom is -0.389 e. The van der Waals surface area contributed by atoms with Gasteiger partial charge in [0.05, 0.1) is 18.8 Å². The second-order valence-electron chi connectivity index (χ2n) is 3.57. The molecule has 4 nitrogen and oxygen atoms in total. The van der Waals surface area contributed by atoms with Crippen LogP contribution >= 0.6 is 11.3 Å². The van der Waals surface area contributed by atoms with Gasteiger partial charge in [0.2, 0.25) is 0 Å². The molecule has 0 spiro atoms. The van der Waals surface area contributed by atoms with Crippen molar-refractivity contribution < 1.29 is 9.84 Å². The van der Waals surface area contributed by atoms with E-state index in [4.69, 9.17) is 4.74 Å². The second-order valence-corrected chi connectivity index (χ2v) is 4.46.